The summed E-state index contributed by atoms with van der Waals surface area (Å²) < 4.78 is 21.6. The van der Waals surface area contributed by atoms with Gasteiger partial charge in [0.25, 0.3) is 0 Å². The number of carbonyl (C=O) groups is 1. The van der Waals surface area contributed by atoms with Gasteiger partial charge in [0.2, 0.25) is 10.0 Å². The second-order valence-corrected chi connectivity index (χ2v) is 4.19. The van der Waals surface area contributed by atoms with E-state index in [0.29, 0.717) is 12.8 Å². The van der Waals surface area contributed by atoms with Crippen LogP contribution >= 0.6 is 0 Å². The van der Waals surface area contributed by atoms with Crippen LogP contribution in [0.5, 0.6) is 0 Å². The molecule has 1 aliphatic carbocycles. The Morgan fingerprint density at radius 2 is 2.00 bits per heavy atom. The van der Waals surface area contributed by atoms with Crippen molar-refractivity contribution in [1.29, 1.82) is 0 Å². The molecule has 1 aliphatic rings. The van der Waals surface area contributed by atoms with Gasteiger partial charge in [-0.3, -0.25) is 0 Å². The third-order valence-corrected chi connectivity index (χ3v) is 2.91. The molecule has 0 bridgehead atoms. The predicted octanol–water partition coefficient (Wildman–Crippen LogP) is -0.203. The molecule has 1 rings (SSSR count). The van der Waals surface area contributed by atoms with Crippen LogP contribution in [0.2, 0.25) is 0 Å². The highest BCUT2D eigenvalue weighted by Crippen LogP contribution is 2.28. The van der Waals surface area contributed by atoms with Crippen LogP contribution in [-0.2, 0) is 14.8 Å². The molecule has 0 aromatic carbocycles. The topological polar surface area (TPSA) is 97.5 Å². The second-order valence-electron chi connectivity index (χ2n) is 2.61. The number of aliphatic carboxylic acids is 1. The monoisotopic (exact) mass is 191 g/mol. The van der Waals surface area contributed by atoms with E-state index in [1.807, 2.05) is 0 Å². The van der Waals surface area contributed by atoms with Crippen molar-refractivity contribution in [2.75, 3.05) is 0 Å². The number of primary sulfonamides is 1. The molecule has 0 amide bonds. The van der Waals surface area contributed by atoms with Crippen LogP contribution in [0.1, 0.15) is 19.3 Å². The lowest BCUT2D eigenvalue weighted by atomic mass is 10.2. The fraction of sp³-hybridized carbons (Fsp3) is 0.500. The molecule has 0 radical (unpaired) electrons. The minimum atomic E-state index is -3.80. The number of rotatable bonds is 2. The fourth-order valence-corrected chi connectivity index (χ4v) is 2.22. The lowest BCUT2D eigenvalue weighted by Gasteiger charge is -1.98. The normalized spacial score (nSPS) is 18.4. The summed E-state index contributed by atoms with van der Waals surface area (Å²) in [5.74, 6) is -1.18. The van der Waals surface area contributed by atoms with Crippen molar-refractivity contribution in [3.05, 3.63) is 10.5 Å². The van der Waals surface area contributed by atoms with Crippen LogP contribution in [0.25, 0.3) is 0 Å². The highest BCUT2D eigenvalue weighted by atomic mass is 32.2. The Balaban J connectivity index is 3.17. The van der Waals surface area contributed by atoms with Gasteiger partial charge in [-0.25, -0.2) is 18.4 Å². The summed E-state index contributed by atoms with van der Waals surface area (Å²) in [4.78, 5) is 10.4. The fourth-order valence-electron chi connectivity index (χ4n) is 1.26. The number of nitrogens with two attached hydrogens (primary N) is 1. The van der Waals surface area contributed by atoms with E-state index in [0.717, 1.165) is 0 Å². The van der Waals surface area contributed by atoms with Gasteiger partial charge in [-0.1, -0.05) is 0 Å². The smallest absolute Gasteiger partial charge is 0.332 e. The standard InChI is InChI=1S/C6H9NO4S/c7-12(10,11)5-3-1-2-4(5)6(8)9/h1-3H2,(H,8,9)(H2,7,10,11). The van der Waals surface area contributed by atoms with E-state index in [9.17, 15) is 13.2 Å². The van der Waals surface area contributed by atoms with Crippen LogP contribution in [0.3, 0.4) is 0 Å². The Labute approximate surface area is 69.9 Å². The molecule has 0 atom stereocenters. The maximum atomic E-state index is 10.8. The first-order chi connectivity index (χ1) is 5.43. The molecule has 0 spiro atoms. The van der Waals surface area contributed by atoms with Crippen molar-refractivity contribution in [1.82, 2.24) is 0 Å². The SMILES string of the molecule is NS(=O)(=O)C1=C(C(=O)O)CCC1. The van der Waals surface area contributed by atoms with E-state index < -0.39 is 16.0 Å². The van der Waals surface area contributed by atoms with E-state index in [1.54, 1.807) is 0 Å². The van der Waals surface area contributed by atoms with Crippen molar-refractivity contribution in [3.8, 4) is 0 Å². The van der Waals surface area contributed by atoms with Crippen LogP contribution in [-0.4, -0.2) is 19.5 Å². The average Bonchev–Trinajstić information content (AvgIpc) is 2.30. The second kappa shape index (κ2) is 2.87. The summed E-state index contributed by atoms with van der Waals surface area (Å²) in [6, 6.07) is 0. The number of carboxylic acids is 1. The van der Waals surface area contributed by atoms with E-state index in [1.165, 1.54) is 0 Å². The van der Waals surface area contributed by atoms with Crippen molar-refractivity contribution in [2.45, 2.75) is 19.3 Å². The van der Waals surface area contributed by atoms with Gasteiger partial charge < -0.3 is 5.11 Å². The molecule has 0 unspecified atom stereocenters. The zero-order valence-corrected chi connectivity index (χ0v) is 7.10. The van der Waals surface area contributed by atoms with Gasteiger partial charge >= 0.3 is 5.97 Å². The minimum Gasteiger partial charge on any atom is -0.478 e. The Bertz CT molecular complexity index is 341. The Morgan fingerprint density at radius 1 is 1.42 bits per heavy atom. The summed E-state index contributed by atoms with van der Waals surface area (Å²) in [5, 5.41) is 13.4. The highest BCUT2D eigenvalue weighted by Gasteiger charge is 2.27. The van der Waals surface area contributed by atoms with Crippen LogP contribution in [0.15, 0.2) is 10.5 Å². The summed E-state index contributed by atoms with van der Waals surface area (Å²) in [6.07, 6.45) is 1.09. The largest absolute Gasteiger partial charge is 0.478 e. The third-order valence-electron chi connectivity index (χ3n) is 1.77. The molecule has 0 aromatic rings. The van der Waals surface area contributed by atoms with E-state index in [2.05, 4.69) is 0 Å². The third kappa shape index (κ3) is 1.64. The average molecular weight is 191 g/mol. The van der Waals surface area contributed by atoms with Crippen molar-refractivity contribution < 1.29 is 18.3 Å². The van der Waals surface area contributed by atoms with E-state index >= 15 is 0 Å². The number of hydrogen-bond acceptors (Lipinski definition) is 3. The molecule has 0 heterocycles. The molecule has 12 heavy (non-hydrogen) atoms. The summed E-state index contributed by atoms with van der Waals surface area (Å²) in [7, 11) is -3.80. The zero-order chi connectivity index (χ0) is 9.35. The number of carboxylic acid groups (broad SMARTS) is 1. The lowest BCUT2D eigenvalue weighted by Crippen LogP contribution is -2.16. The van der Waals surface area contributed by atoms with E-state index in [4.69, 9.17) is 10.2 Å². The molecule has 5 nitrogen and oxygen atoms in total. The van der Waals surface area contributed by atoms with Crippen molar-refractivity contribution in [3.63, 3.8) is 0 Å². The molecule has 6 heteroatoms. The van der Waals surface area contributed by atoms with Crippen molar-refractivity contribution >= 4 is 16.0 Å². The first kappa shape index (κ1) is 9.21. The molecule has 0 aliphatic heterocycles. The highest BCUT2D eigenvalue weighted by molar-refractivity contribution is 7.93. The first-order valence-corrected chi connectivity index (χ1v) is 4.95. The molecule has 0 saturated heterocycles. The molecule has 0 aromatic heterocycles. The van der Waals surface area contributed by atoms with E-state index in [-0.39, 0.29) is 16.9 Å². The molecule has 68 valence electrons. The van der Waals surface area contributed by atoms with Gasteiger partial charge in [0.05, 0.1) is 10.5 Å². The van der Waals surface area contributed by atoms with Gasteiger partial charge in [-0.05, 0) is 19.3 Å². The maximum absolute atomic E-state index is 10.8. The van der Waals surface area contributed by atoms with Gasteiger partial charge in [0, 0.05) is 0 Å². The molecule has 3 N–H and O–H groups in total. The van der Waals surface area contributed by atoms with Crippen LogP contribution in [0, 0.1) is 0 Å². The quantitative estimate of drug-likeness (QED) is 0.631. The van der Waals surface area contributed by atoms with Gasteiger partial charge in [-0.15, -0.1) is 0 Å². The maximum Gasteiger partial charge on any atom is 0.332 e. The van der Waals surface area contributed by atoms with Crippen molar-refractivity contribution in [2.24, 2.45) is 5.14 Å². The Kier molecular flexibility index (Phi) is 2.20. The molecule has 0 fully saturated rings. The van der Waals surface area contributed by atoms with Crippen LogP contribution < -0.4 is 5.14 Å². The predicted molar refractivity (Wildman–Crippen MR) is 41.6 cm³/mol. The van der Waals surface area contributed by atoms with Gasteiger partial charge in [0.1, 0.15) is 0 Å². The summed E-state index contributed by atoms with van der Waals surface area (Å²) in [6.45, 7) is 0. The summed E-state index contributed by atoms with van der Waals surface area (Å²) >= 11 is 0. The number of allylic oxidation sites excluding steroid dienone is 1. The number of sulfonamides is 1. The number of hydrogen-bond donors (Lipinski definition) is 2. The van der Waals surface area contributed by atoms with Crippen LogP contribution in [0.4, 0.5) is 0 Å². The molecule has 0 saturated carbocycles. The zero-order valence-electron chi connectivity index (χ0n) is 6.28. The Morgan fingerprint density at radius 3 is 2.33 bits per heavy atom. The minimum absolute atomic E-state index is 0.0579. The lowest BCUT2D eigenvalue weighted by molar-refractivity contribution is -0.132. The first-order valence-electron chi connectivity index (χ1n) is 3.41. The van der Waals surface area contributed by atoms with Gasteiger partial charge in [-0.2, -0.15) is 0 Å². The molecular formula is C6H9NO4S. The van der Waals surface area contributed by atoms with Gasteiger partial charge in [0.15, 0.2) is 0 Å². The summed E-state index contributed by atoms with van der Waals surface area (Å²) in [5.41, 5.74) is -0.0579. The molecular weight excluding hydrogens is 182 g/mol. The Hall–Kier alpha value is -0.880.